The van der Waals surface area contributed by atoms with Gasteiger partial charge in [-0.05, 0) is 24.6 Å². The third-order valence-corrected chi connectivity index (χ3v) is 3.21. The van der Waals surface area contributed by atoms with E-state index in [1.165, 1.54) is 5.56 Å². The molecule has 0 saturated carbocycles. The molecule has 0 fully saturated rings. The number of nitrogens with one attached hydrogen (secondary N) is 1. The van der Waals surface area contributed by atoms with E-state index in [0.717, 1.165) is 24.1 Å². The predicted octanol–water partition coefficient (Wildman–Crippen LogP) is 3.02. The zero-order chi connectivity index (χ0) is 16.2. The number of hydrogen-bond acceptors (Lipinski definition) is 3. The predicted molar refractivity (Wildman–Crippen MR) is 107 cm³/mol. The molecule has 7 heteroatoms. The van der Waals surface area contributed by atoms with E-state index in [1.807, 2.05) is 31.3 Å². The Morgan fingerprint density at radius 1 is 1.22 bits per heavy atom. The molecule has 0 atom stereocenters. The molecular weight excluding hydrogens is 429 g/mol. The van der Waals surface area contributed by atoms with Crippen molar-refractivity contribution in [1.29, 1.82) is 0 Å². The second-order valence-corrected chi connectivity index (χ2v) is 5.26. The van der Waals surface area contributed by atoms with E-state index in [-0.39, 0.29) is 24.0 Å². The molecule has 1 aromatic rings. The normalized spacial score (nSPS) is 11.0. The molecule has 23 heavy (non-hydrogen) atoms. The van der Waals surface area contributed by atoms with Crippen molar-refractivity contribution in [2.75, 3.05) is 47.1 Å². The van der Waals surface area contributed by atoms with Crippen LogP contribution in [0.4, 0.5) is 0 Å². The van der Waals surface area contributed by atoms with E-state index in [1.54, 1.807) is 7.11 Å². The minimum absolute atomic E-state index is 0. The Morgan fingerprint density at radius 3 is 2.52 bits per heavy atom. The highest BCUT2D eigenvalue weighted by Gasteiger charge is 2.06. The molecule has 1 rings (SSSR count). The van der Waals surface area contributed by atoms with Gasteiger partial charge < -0.3 is 19.7 Å². The van der Waals surface area contributed by atoms with Gasteiger partial charge in [-0.15, -0.1) is 24.0 Å². The summed E-state index contributed by atoms with van der Waals surface area (Å²) >= 11 is 5.91. The monoisotopic (exact) mass is 455 g/mol. The highest BCUT2D eigenvalue weighted by Crippen LogP contribution is 2.10. The second-order valence-electron chi connectivity index (χ2n) is 4.82. The maximum absolute atomic E-state index is 5.91. The number of benzene rings is 1. The lowest BCUT2D eigenvalue weighted by molar-refractivity contribution is 0.0747. The summed E-state index contributed by atoms with van der Waals surface area (Å²) < 4.78 is 10.4. The maximum atomic E-state index is 5.91. The molecule has 0 amide bonds. The fourth-order valence-electron chi connectivity index (χ4n) is 1.87. The fraction of sp³-hybridized carbons (Fsp3) is 0.562. The van der Waals surface area contributed by atoms with E-state index in [0.29, 0.717) is 26.4 Å². The van der Waals surface area contributed by atoms with Crippen molar-refractivity contribution in [2.45, 2.75) is 13.5 Å². The second kappa shape index (κ2) is 13.8. The molecule has 0 aliphatic heterocycles. The minimum atomic E-state index is 0. The van der Waals surface area contributed by atoms with Crippen LogP contribution >= 0.6 is 35.6 Å². The molecule has 0 aliphatic rings. The summed E-state index contributed by atoms with van der Waals surface area (Å²) in [5, 5.41) is 4.04. The van der Waals surface area contributed by atoms with Gasteiger partial charge in [0.25, 0.3) is 0 Å². The molecule has 0 aromatic heterocycles. The standard InChI is InChI=1S/C16H26ClN3O2.HI/c1-4-18-16(19-9-10-22-12-11-21-3)20(2)13-14-5-7-15(17)8-6-14;/h5-8H,4,9-13H2,1-3H3,(H,18,19);1H. The van der Waals surface area contributed by atoms with Gasteiger partial charge in [-0.25, -0.2) is 0 Å². The first-order chi connectivity index (χ1) is 10.7. The average molecular weight is 456 g/mol. The summed E-state index contributed by atoms with van der Waals surface area (Å²) in [7, 11) is 3.68. The zero-order valence-corrected chi connectivity index (χ0v) is 17.1. The Hall–Kier alpha value is -0.570. The third kappa shape index (κ3) is 10.0. The smallest absolute Gasteiger partial charge is 0.194 e. The van der Waals surface area contributed by atoms with Crippen LogP contribution in [0.5, 0.6) is 0 Å². The fourth-order valence-corrected chi connectivity index (χ4v) is 1.99. The van der Waals surface area contributed by atoms with Gasteiger partial charge in [-0.1, -0.05) is 23.7 Å². The Labute approximate surface area is 161 Å². The molecule has 0 saturated heterocycles. The highest BCUT2D eigenvalue weighted by molar-refractivity contribution is 14.0. The van der Waals surface area contributed by atoms with Crippen LogP contribution in [0.2, 0.25) is 5.02 Å². The number of rotatable bonds is 9. The summed E-state index contributed by atoms with van der Waals surface area (Å²) in [5.74, 6) is 0.868. The minimum Gasteiger partial charge on any atom is -0.382 e. The van der Waals surface area contributed by atoms with Crippen LogP contribution in [-0.4, -0.2) is 57.9 Å². The number of halogens is 2. The summed E-state index contributed by atoms with van der Waals surface area (Å²) in [6.07, 6.45) is 0. The Kier molecular flexibility index (Phi) is 13.5. The van der Waals surface area contributed by atoms with Crippen molar-refractivity contribution in [2.24, 2.45) is 4.99 Å². The van der Waals surface area contributed by atoms with Crippen molar-refractivity contribution >= 4 is 41.5 Å². The quantitative estimate of drug-likeness (QED) is 0.269. The van der Waals surface area contributed by atoms with Gasteiger partial charge in [-0.3, -0.25) is 4.99 Å². The summed E-state index contributed by atoms with van der Waals surface area (Å²) in [6.45, 7) is 6.08. The SMILES string of the molecule is CCNC(=NCCOCCOC)N(C)Cc1ccc(Cl)cc1.I. The number of aliphatic imine (C=N–C) groups is 1. The molecule has 0 aliphatic carbocycles. The van der Waals surface area contributed by atoms with E-state index in [2.05, 4.69) is 22.1 Å². The molecular formula is C16H27ClIN3O2. The van der Waals surface area contributed by atoms with Gasteiger partial charge in [0.2, 0.25) is 0 Å². The van der Waals surface area contributed by atoms with E-state index in [9.17, 15) is 0 Å². The summed E-state index contributed by atoms with van der Waals surface area (Å²) in [5.41, 5.74) is 1.19. The average Bonchev–Trinajstić information content (AvgIpc) is 2.51. The van der Waals surface area contributed by atoms with Crippen molar-refractivity contribution < 1.29 is 9.47 Å². The summed E-state index contributed by atoms with van der Waals surface area (Å²) in [4.78, 5) is 6.65. The van der Waals surface area contributed by atoms with Crippen LogP contribution in [0.1, 0.15) is 12.5 Å². The first kappa shape index (κ1) is 22.4. The number of guanidine groups is 1. The lowest BCUT2D eigenvalue weighted by atomic mass is 10.2. The van der Waals surface area contributed by atoms with Crippen molar-refractivity contribution in [3.05, 3.63) is 34.9 Å². The Morgan fingerprint density at radius 2 is 1.91 bits per heavy atom. The van der Waals surface area contributed by atoms with Crippen molar-refractivity contribution in [3.63, 3.8) is 0 Å². The van der Waals surface area contributed by atoms with Crippen LogP contribution in [-0.2, 0) is 16.0 Å². The number of methoxy groups -OCH3 is 1. The highest BCUT2D eigenvalue weighted by atomic mass is 127. The molecule has 5 nitrogen and oxygen atoms in total. The molecule has 0 spiro atoms. The van der Waals surface area contributed by atoms with Crippen LogP contribution in [0.3, 0.4) is 0 Å². The van der Waals surface area contributed by atoms with Crippen molar-refractivity contribution in [3.8, 4) is 0 Å². The molecule has 0 radical (unpaired) electrons. The molecule has 0 heterocycles. The third-order valence-electron chi connectivity index (χ3n) is 2.96. The van der Waals surface area contributed by atoms with Gasteiger partial charge in [-0.2, -0.15) is 0 Å². The maximum Gasteiger partial charge on any atom is 0.194 e. The van der Waals surface area contributed by atoms with Crippen LogP contribution < -0.4 is 5.32 Å². The Balaban J connectivity index is 0.00000484. The molecule has 132 valence electrons. The first-order valence-corrected chi connectivity index (χ1v) is 7.85. The van der Waals surface area contributed by atoms with E-state index >= 15 is 0 Å². The molecule has 1 aromatic carbocycles. The van der Waals surface area contributed by atoms with E-state index in [4.69, 9.17) is 21.1 Å². The van der Waals surface area contributed by atoms with Crippen molar-refractivity contribution in [1.82, 2.24) is 10.2 Å². The molecule has 0 bridgehead atoms. The number of hydrogen-bond donors (Lipinski definition) is 1. The summed E-state index contributed by atoms with van der Waals surface area (Å²) in [6, 6.07) is 7.85. The van der Waals surface area contributed by atoms with Gasteiger partial charge in [0.15, 0.2) is 5.96 Å². The Bertz CT molecular complexity index is 443. The zero-order valence-electron chi connectivity index (χ0n) is 14.0. The van der Waals surface area contributed by atoms with Gasteiger partial charge >= 0.3 is 0 Å². The molecule has 1 N–H and O–H groups in total. The number of nitrogens with zero attached hydrogens (tertiary/aromatic N) is 2. The first-order valence-electron chi connectivity index (χ1n) is 7.48. The lowest BCUT2D eigenvalue weighted by Gasteiger charge is -2.22. The molecule has 0 unspecified atom stereocenters. The topological polar surface area (TPSA) is 46.1 Å². The van der Waals surface area contributed by atoms with Crippen LogP contribution in [0.15, 0.2) is 29.3 Å². The van der Waals surface area contributed by atoms with Gasteiger partial charge in [0.1, 0.15) is 0 Å². The van der Waals surface area contributed by atoms with Gasteiger partial charge in [0.05, 0.1) is 26.4 Å². The largest absolute Gasteiger partial charge is 0.382 e. The van der Waals surface area contributed by atoms with Crippen LogP contribution in [0, 0.1) is 0 Å². The lowest BCUT2D eigenvalue weighted by Crippen LogP contribution is -2.38. The number of ether oxygens (including phenoxy) is 2. The van der Waals surface area contributed by atoms with Crippen LogP contribution in [0.25, 0.3) is 0 Å². The van der Waals surface area contributed by atoms with E-state index < -0.39 is 0 Å². The van der Waals surface area contributed by atoms with Gasteiger partial charge in [0, 0.05) is 32.3 Å².